The lowest BCUT2D eigenvalue weighted by atomic mass is 10.1. The van der Waals surface area contributed by atoms with Crippen molar-refractivity contribution < 1.29 is 9.72 Å². The standard InChI is InChI=1S/C10H13N3O3/c1-7(12-6-10(11)14)8-2-4-9(5-3-8)13(15)16/h2-5,7,12H,6H2,1H3,(H2,11,14). The van der Waals surface area contributed by atoms with Crippen LogP contribution in [0, 0.1) is 10.1 Å². The zero-order valence-electron chi connectivity index (χ0n) is 8.84. The molecule has 1 amide bonds. The van der Waals surface area contributed by atoms with Gasteiger partial charge in [-0.2, -0.15) is 0 Å². The molecule has 86 valence electrons. The molecule has 1 unspecified atom stereocenters. The van der Waals surface area contributed by atoms with Crippen LogP contribution in [0.4, 0.5) is 5.69 Å². The molecule has 0 radical (unpaired) electrons. The minimum atomic E-state index is -0.453. The lowest BCUT2D eigenvalue weighted by Crippen LogP contribution is -2.30. The molecule has 0 aliphatic carbocycles. The lowest BCUT2D eigenvalue weighted by Gasteiger charge is -2.12. The predicted molar refractivity (Wildman–Crippen MR) is 58.7 cm³/mol. The van der Waals surface area contributed by atoms with Gasteiger partial charge in [0.2, 0.25) is 5.91 Å². The highest BCUT2D eigenvalue weighted by atomic mass is 16.6. The van der Waals surface area contributed by atoms with Gasteiger partial charge in [0.25, 0.3) is 5.69 Å². The summed E-state index contributed by atoms with van der Waals surface area (Å²) in [7, 11) is 0. The van der Waals surface area contributed by atoms with Crippen molar-refractivity contribution in [2.75, 3.05) is 6.54 Å². The van der Waals surface area contributed by atoms with Crippen molar-refractivity contribution in [1.29, 1.82) is 0 Å². The van der Waals surface area contributed by atoms with Gasteiger partial charge in [0.1, 0.15) is 0 Å². The maximum atomic E-state index is 10.5. The monoisotopic (exact) mass is 223 g/mol. The highest BCUT2D eigenvalue weighted by molar-refractivity contribution is 5.75. The van der Waals surface area contributed by atoms with Crippen LogP contribution >= 0.6 is 0 Å². The number of benzene rings is 1. The molecule has 6 heteroatoms. The van der Waals surface area contributed by atoms with Crippen molar-refractivity contribution >= 4 is 11.6 Å². The molecular weight excluding hydrogens is 210 g/mol. The van der Waals surface area contributed by atoms with Gasteiger partial charge in [0.05, 0.1) is 11.5 Å². The third kappa shape index (κ3) is 3.32. The fourth-order valence-corrected chi connectivity index (χ4v) is 1.26. The van der Waals surface area contributed by atoms with E-state index in [1.807, 2.05) is 6.92 Å². The number of hydrogen-bond donors (Lipinski definition) is 2. The van der Waals surface area contributed by atoms with Crippen molar-refractivity contribution in [2.45, 2.75) is 13.0 Å². The number of nitrogens with zero attached hydrogens (tertiary/aromatic N) is 1. The molecule has 1 atom stereocenters. The largest absolute Gasteiger partial charge is 0.369 e. The Bertz CT molecular complexity index is 389. The van der Waals surface area contributed by atoms with Gasteiger partial charge in [-0.1, -0.05) is 12.1 Å². The van der Waals surface area contributed by atoms with Gasteiger partial charge in [-0.25, -0.2) is 0 Å². The number of carbonyl (C=O) groups excluding carboxylic acids is 1. The number of primary amides is 1. The van der Waals surface area contributed by atoms with E-state index in [9.17, 15) is 14.9 Å². The highest BCUT2D eigenvalue weighted by Crippen LogP contribution is 2.16. The molecular formula is C10H13N3O3. The van der Waals surface area contributed by atoms with E-state index in [0.717, 1.165) is 5.56 Å². The second-order valence-corrected chi connectivity index (χ2v) is 3.42. The first-order chi connectivity index (χ1) is 7.50. The molecule has 1 aromatic rings. The quantitative estimate of drug-likeness (QED) is 0.567. The van der Waals surface area contributed by atoms with E-state index in [0.29, 0.717) is 0 Å². The first-order valence-corrected chi connectivity index (χ1v) is 4.76. The summed E-state index contributed by atoms with van der Waals surface area (Å²) in [5.41, 5.74) is 5.91. The molecule has 0 saturated carbocycles. The second kappa shape index (κ2) is 5.22. The molecule has 0 aliphatic heterocycles. The van der Waals surface area contributed by atoms with E-state index >= 15 is 0 Å². The fraction of sp³-hybridized carbons (Fsp3) is 0.300. The Morgan fingerprint density at radius 3 is 2.50 bits per heavy atom. The van der Waals surface area contributed by atoms with Crippen LogP contribution in [-0.4, -0.2) is 17.4 Å². The minimum absolute atomic E-state index is 0.0471. The van der Waals surface area contributed by atoms with Crippen molar-refractivity contribution in [2.24, 2.45) is 5.73 Å². The Labute approximate surface area is 92.6 Å². The maximum absolute atomic E-state index is 10.5. The molecule has 0 fully saturated rings. The van der Waals surface area contributed by atoms with E-state index < -0.39 is 10.8 Å². The summed E-state index contributed by atoms with van der Waals surface area (Å²) < 4.78 is 0. The summed E-state index contributed by atoms with van der Waals surface area (Å²) in [6, 6.07) is 6.08. The summed E-state index contributed by atoms with van der Waals surface area (Å²) in [5.74, 6) is -0.436. The van der Waals surface area contributed by atoms with Crippen molar-refractivity contribution in [3.63, 3.8) is 0 Å². The predicted octanol–water partition coefficient (Wildman–Crippen LogP) is 0.731. The van der Waals surface area contributed by atoms with Gasteiger partial charge in [-0.05, 0) is 12.5 Å². The highest BCUT2D eigenvalue weighted by Gasteiger charge is 2.08. The van der Waals surface area contributed by atoms with Crippen LogP contribution in [0.5, 0.6) is 0 Å². The van der Waals surface area contributed by atoms with Crippen molar-refractivity contribution in [3.05, 3.63) is 39.9 Å². The molecule has 0 saturated heterocycles. The second-order valence-electron chi connectivity index (χ2n) is 3.42. The van der Waals surface area contributed by atoms with E-state index in [2.05, 4.69) is 5.32 Å². The van der Waals surface area contributed by atoms with Gasteiger partial charge in [0, 0.05) is 18.2 Å². The topological polar surface area (TPSA) is 98.3 Å². The van der Waals surface area contributed by atoms with Gasteiger partial charge in [-0.15, -0.1) is 0 Å². The molecule has 1 aromatic carbocycles. The van der Waals surface area contributed by atoms with Crippen LogP contribution < -0.4 is 11.1 Å². The zero-order valence-corrected chi connectivity index (χ0v) is 8.84. The van der Waals surface area contributed by atoms with Crippen LogP contribution in [0.1, 0.15) is 18.5 Å². The normalized spacial score (nSPS) is 12.1. The first kappa shape index (κ1) is 12.1. The Hall–Kier alpha value is -1.95. The molecule has 0 aliphatic rings. The SMILES string of the molecule is CC(NCC(N)=O)c1ccc([N+](=O)[O-])cc1. The molecule has 0 aromatic heterocycles. The summed E-state index contributed by atoms with van der Waals surface area (Å²) >= 11 is 0. The van der Waals surface area contributed by atoms with Gasteiger partial charge >= 0.3 is 0 Å². The minimum Gasteiger partial charge on any atom is -0.369 e. The van der Waals surface area contributed by atoms with Crippen molar-refractivity contribution in [1.82, 2.24) is 5.32 Å². The van der Waals surface area contributed by atoms with Gasteiger partial charge in [0.15, 0.2) is 0 Å². The number of rotatable bonds is 5. The summed E-state index contributed by atoms with van der Waals surface area (Å²) in [6.07, 6.45) is 0. The number of carbonyl (C=O) groups is 1. The number of nitro groups is 1. The van der Waals surface area contributed by atoms with Crippen LogP contribution in [0.25, 0.3) is 0 Å². The Kier molecular flexibility index (Phi) is 3.96. The molecule has 6 nitrogen and oxygen atoms in total. The Balaban J connectivity index is 2.66. The van der Waals surface area contributed by atoms with Crippen LogP contribution in [-0.2, 0) is 4.79 Å². The Morgan fingerprint density at radius 1 is 1.50 bits per heavy atom. The van der Waals surface area contributed by atoms with E-state index in [1.54, 1.807) is 12.1 Å². The number of amides is 1. The number of non-ortho nitro benzene ring substituents is 1. The molecule has 0 bridgehead atoms. The average molecular weight is 223 g/mol. The molecule has 0 spiro atoms. The molecule has 3 N–H and O–H groups in total. The molecule has 0 heterocycles. The third-order valence-electron chi connectivity index (χ3n) is 2.19. The van der Waals surface area contributed by atoms with Gasteiger partial charge in [-0.3, -0.25) is 14.9 Å². The van der Waals surface area contributed by atoms with Crippen LogP contribution in [0.15, 0.2) is 24.3 Å². The molecule has 1 rings (SSSR count). The lowest BCUT2D eigenvalue weighted by molar-refractivity contribution is -0.384. The number of hydrogen-bond acceptors (Lipinski definition) is 4. The van der Waals surface area contributed by atoms with E-state index in [4.69, 9.17) is 5.73 Å². The first-order valence-electron chi connectivity index (χ1n) is 4.76. The third-order valence-corrected chi connectivity index (χ3v) is 2.19. The smallest absolute Gasteiger partial charge is 0.269 e. The molecule has 16 heavy (non-hydrogen) atoms. The summed E-state index contributed by atoms with van der Waals surface area (Å²) in [5, 5.41) is 13.3. The number of nitro benzene ring substituents is 1. The van der Waals surface area contributed by atoms with Crippen molar-refractivity contribution in [3.8, 4) is 0 Å². The number of nitrogens with two attached hydrogens (primary N) is 1. The number of nitrogens with one attached hydrogen (secondary N) is 1. The van der Waals surface area contributed by atoms with E-state index in [-0.39, 0.29) is 18.3 Å². The zero-order chi connectivity index (χ0) is 12.1. The average Bonchev–Trinajstić information content (AvgIpc) is 2.26. The summed E-state index contributed by atoms with van der Waals surface area (Å²) in [6.45, 7) is 1.93. The Morgan fingerprint density at radius 2 is 2.06 bits per heavy atom. The van der Waals surface area contributed by atoms with Crippen LogP contribution in [0.2, 0.25) is 0 Å². The van der Waals surface area contributed by atoms with E-state index in [1.165, 1.54) is 12.1 Å². The van der Waals surface area contributed by atoms with Crippen LogP contribution in [0.3, 0.4) is 0 Å². The maximum Gasteiger partial charge on any atom is 0.269 e. The summed E-state index contributed by atoms with van der Waals surface area (Å²) in [4.78, 5) is 20.5. The van der Waals surface area contributed by atoms with Gasteiger partial charge < -0.3 is 11.1 Å². The fourth-order valence-electron chi connectivity index (χ4n) is 1.26.